The van der Waals surface area contributed by atoms with Crippen LogP contribution in [-0.4, -0.2) is 11.1 Å². The number of nitrogen functional groups attached to an aromatic ring is 1. The molecular weight excluding hydrogens is 166 g/mol. The zero-order valence-corrected chi connectivity index (χ0v) is 7.32. The summed E-state index contributed by atoms with van der Waals surface area (Å²) >= 11 is 0. The third-order valence-corrected chi connectivity index (χ3v) is 1.65. The molecule has 0 spiro atoms. The smallest absolute Gasteiger partial charge is 0.328 e. The van der Waals surface area contributed by atoms with Gasteiger partial charge in [0.25, 0.3) is 0 Å². The predicted molar refractivity (Wildman–Crippen MR) is 52.3 cm³/mol. The molecule has 13 heavy (non-hydrogen) atoms. The van der Waals surface area contributed by atoms with E-state index in [-0.39, 0.29) is 0 Å². The lowest BCUT2D eigenvalue weighted by molar-refractivity contribution is -0.131. The quantitative estimate of drug-likeness (QED) is 0.533. The van der Waals surface area contributed by atoms with Gasteiger partial charge in [0, 0.05) is 11.8 Å². The van der Waals surface area contributed by atoms with Crippen molar-refractivity contribution < 1.29 is 9.90 Å². The van der Waals surface area contributed by atoms with E-state index >= 15 is 0 Å². The van der Waals surface area contributed by atoms with Gasteiger partial charge < -0.3 is 10.8 Å². The molecule has 0 saturated carbocycles. The van der Waals surface area contributed by atoms with Crippen LogP contribution in [0, 0.1) is 6.92 Å². The largest absolute Gasteiger partial charge is 0.478 e. The average Bonchev–Trinajstić information content (AvgIpc) is 2.02. The number of rotatable bonds is 2. The second-order valence-corrected chi connectivity index (χ2v) is 2.80. The maximum absolute atomic E-state index is 10.2. The van der Waals surface area contributed by atoms with Gasteiger partial charge in [-0.05, 0) is 30.2 Å². The van der Waals surface area contributed by atoms with Gasteiger partial charge in [-0.3, -0.25) is 0 Å². The Morgan fingerprint density at radius 3 is 2.77 bits per heavy atom. The van der Waals surface area contributed by atoms with Gasteiger partial charge in [-0.2, -0.15) is 0 Å². The highest BCUT2D eigenvalue weighted by molar-refractivity contribution is 5.86. The van der Waals surface area contributed by atoms with Gasteiger partial charge in [-0.15, -0.1) is 0 Å². The molecule has 0 fully saturated rings. The second kappa shape index (κ2) is 3.76. The molecule has 3 heteroatoms. The van der Waals surface area contributed by atoms with E-state index < -0.39 is 5.97 Å². The molecule has 0 aliphatic rings. The Hall–Kier alpha value is -1.77. The highest BCUT2D eigenvalue weighted by Crippen LogP contribution is 2.14. The Kier molecular flexibility index (Phi) is 2.69. The summed E-state index contributed by atoms with van der Waals surface area (Å²) < 4.78 is 0. The van der Waals surface area contributed by atoms with Gasteiger partial charge in [0.2, 0.25) is 0 Å². The monoisotopic (exact) mass is 177 g/mol. The van der Waals surface area contributed by atoms with E-state index in [1.54, 1.807) is 6.07 Å². The van der Waals surface area contributed by atoms with Crippen molar-refractivity contribution in [3.05, 3.63) is 35.4 Å². The number of hydrogen-bond acceptors (Lipinski definition) is 2. The molecule has 0 aliphatic heterocycles. The van der Waals surface area contributed by atoms with Gasteiger partial charge in [-0.1, -0.05) is 12.1 Å². The Balaban J connectivity index is 2.96. The number of hydrogen-bond donors (Lipinski definition) is 2. The lowest BCUT2D eigenvalue weighted by Gasteiger charge is -2.00. The normalized spacial score (nSPS) is 10.5. The lowest BCUT2D eigenvalue weighted by Crippen LogP contribution is -1.91. The number of aliphatic carboxylic acids is 1. The van der Waals surface area contributed by atoms with Crippen molar-refractivity contribution in [2.24, 2.45) is 0 Å². The van der Waals surface area contributed by atoms with Crippen LogP contribution in [0.15, 0.2) is 24.3 Å². The third kappa shape index (κ3) is 2.63. The summed E-state index contributed by atoms with van der Waals surface area (Å²) in [6.07, 6.45) is 2.55. The zero-order valence-electron chi connectivity index (χ0n) is 7.32. The standard InChI is InChI=1S/C10H11NO2/c1-7-2-3-8(9(11)6-7)4-5-10(12)13/h2-6H,11H2,1H3,(H,12,13). The molecule has 0 unspecified atom stereocenters. The SMILES string of the molecule is Cc1ccc(C=CC(=O)O)c(N)c1. The van der Waals surface area contributed by atoms with E-state index in [0.717, 1.165) is 17.2 Å². The van der Waals surface area contributed by atoms with Crippen molar-refractivity contribution in [3.8, 4) is 0 Å². The molecular formula is C10H11NO2. The van der Waals surface area contributed by atoms with Gasteiger partial charge in [0.1, 0.15) is 0 Å². The summed E-state index contributed by atoms with van der Waals surface area (Å²) in [6, 6.07) is 5.49. The molecule has 0 aromatic heterocycles. The summed E-state index contributed by atoms with van der Waals surface area (Å²) in [5.74, 6) is -0.972. The minimum absolute atomic E-state index is 0.595. The number of carboxylic acid groups (broad SMARTS) is 1. The predicted octanol–water partition coefficient (Wildman–Crippen LogP) is 1.68. The molecule has 3 nitrogen and oxygen atoms in total. The highest BCUT2D eigenvalue weighted by atomic mass is 16.4. The van der Waals surface area contributed by atoms with Crippen LogP contribution in [0.1, 0.15) is 11.1 Å². The molecule has 0 bridgehead atoms. The van der Waals surface area contributed by atoms with Crippen molar-refractivity contribution in [3.63, 3.8) is 0 Å². The van der Waals surface area contributed by atoms with Crippen molar-refractivity contribution in [1.82, 2.24) is 0 Å². The van der Waals surface area contributed by atoms with Gasteiger partial charge in [0.15, 0.2) is 0 Å². The molecule has 0 aliphatic carbocycles. The topological polar surface area (TPSA) is 63.3 Å². The first kappa shape index (κ1) is 9.32. The summed E-state index contributed by atoms with van der Waals surface area (Å²) in [4.78, 5) is 10.2. The number of carboxylic acids is 1. The van der Waals surface area contributed by atoms with Crippen LogP contribution >= 0.6 is 0 Å². The Labute approximate surface area is 76.5 Å². The van der Waals surface area contributed by atoms with Crippen LogP contribution in [-0.2, 0) is 4.79 Å². The van der Waals surface area contributed by atoms with Crippen molar-refractivity contribution in [1.29, 1.82) is 0 Å². The minimum Gasteiger partial charge on any atom is -0.478 e. The summed E-state index contributed by atoms with van der Waals surface area (Å²) in [5.41, 5.74) is 8.05. The van der Waals surface area contributed by atoms with E-state index in [4.69, 9.17) is 10.8 Å². The summed E-state index contributed by atoms with van der Waals surface area (Å²) in [7, 11) is 0. The first-order valence-corrected chi connectivity index (χ1v) is 3.87. The first-order chi connectivity index (χ1) is 6.09. The van der Waals surface area contributed by atoms with Crippen molar-refractivity contribution >= 4 is 17.7 Å². The van der Waals surface area contributed by atoms with E-state index in [0.29, 0.717) is 5.69 Å². The summed E-state index contributed by atoms with van der Waals surface area (Å²) in [5, 5.41) is 8.39. The van der Waals surface area contributed by atoms with Gasteiger partial charge in [-0.25, -0.2) is 4.79 Å². The number of benzene rings is 1. The molecule has 0 amide bonds. The Bertz CT molecular complexity index is 356. The molecule has 1 aromatic carbocycles. The number of anilines is 1. The molecule has 0 radical (unpaired) electrons. The molecule has 0 atom stereocenters. The molecule has 1 aromatic rings. The van der Waals surface area contributed by atoms with Crippen molar-refractivity contribution in [2.75, 3.05) is 5.73 Å². The van der Waals surface area contributed by atoms with Crippen LogP contribution in [0.4, 0.5) is 5.69 Å². The fraction of sp³-hybridized carbons (Fsp3) is 0.100. The Morgan fingerprint density at radius 2 is 2.23 bits per heavy atom. The minimum atomic E-state index is -0.972. The summed E-state index contributed by atoms with van der Waals surface area (Å²) in [6.45, 7) is 1.93. The number of aryl methyl sites for hydroxylation is 1. The molecule has 68 valence electrons. The maximum atomic E-state index is 10.2. The van der Waals surface area contributed by atoms with E-state index in [9.17, 15) is 4.79 Å². The van der Waals surface area contributed by atoms with Crippen LogP contribution in [0.3, 0.4) is 0 Å². The van der Waals surface area contributed by atoms with Crippen LogP contribution in [0.5, 0.6) is 0 Å². The fourth-order valence-corrected chi connectivity index (χ4v) is 1.01. The van der Waals surface area contributed by atoms with E-state index in [1.807, 2.05) is 19.1 Å². The van der Waals surface area contributed by atoms with Crippen molar-refractivity contribution in [2.45, 2.75) is 6.92 Å². The van der Waals surface area contributed by atoms with Gasteiger partial charge in [0.05, 0.1) is 0 Å². The van der Waals surface area contributed by atoms with E-state index in [2.05, 4.69) is 0 Å². The molecule has 0 heterocycles. The van der Waals surface area contributed by atoms with Crippen LogP contribution in [0.2, 0.25) is 0 Å². The maximum Gasteiger partial charge on any atom is 0.328 e. The molecule has 3 N–H and O–H groups in total. The first-order valence-electron chi connectivity index (χ1n) is 3.87. The van der Waals surface area contributed by atoms with Crippen LogP contribution < -0.4 is 5.73 Å². The van der Waals surface area contributed by atoms with Crippen LogP contribution in [0.25, 0.3) is 6.08 Å². The fourth-order valence-electron chi connectivity index (χ4n) is 1.01. The number of nitrogens with two attached hydrogens (primary N) is 1. The second-order valence-electron chi connectivity index (χ2n) is 2.80. The van der Waals surface area contributed by atoms with Gasteiger partial charge >= 0.3 is 5.97 Å². The molecule has 0 saturated heterocycles. The zero-order chi connectivity index (χ0) is 9.84. The average molecular weight is 177 g/mol. The number of carbonyl (C=O) groups is 1. The third-order valence-electron chi connectivity index (χ3n) is 1.65. The lowest BCUT2D eigenvalue weighted by atomic mass is 10.1. The molecule has 1 rings (SSSR count). The highest BCUT2D eigenvalue weighted by Gasteiger charge is 1.95. The Morgan fingerprint density at radius 1 is 1.54 bits per heavy atom. The van der Waals surface area contributed by atoms with E-state index in [1.165, 1.54) is 6.08 Å².